The monoisotopic (exact) mass is 193 g/mol. The molecule has 14 heavy (non-hydrogen) atoms. The second-order valence-corrected chi connectivity index (χ2v) is 4.20. The topological polar surface area (TPSA) is 21.3 Å². The molecule has 2 heteroatoms. The zero-order chi connectivity index (χ0) is 9.80. The van der Waals surface area contributed by atoms with E-state index < -0.39 is 0 Å². The van der Waals surface area contributed by atoms with Crippen molar-refractivity contribution in [3.63, 3.8) is 0 Å². The Kier molecular flexibility index (Phi) is 3.44. The molecule has 0 bridgehead atoms. The zero-order valence-corrected chi connectivity index (χ0v) is 8.88. The Morgan fingerprint density at radius 2 is 2.21 bits per heavy atom. The van der Waals surface area contributed by atoms with Crippen LogP contribution in [0.5, 0.6) is 0 Å². The van der Waals surface area contributed by atoms with E-state index in [1.54, 1.807) is 0 Å². The summed E-state index contributed by atoms with van der Waals surface area (Å²) >= 11 is 0. The minimum atomic E-state index is 0.504. The normalized spacial score (nSPS) is 31.2. The maximum absolute atomic E-state index is 5.75. The van der Waals surface area contributed by atoms with Crippen molar-refractivity contribution in [1.82, 2.24) is 5.32 Å². The van der Waals surface area contributed by atoms with Crippen molar-refractivity contribution in [2.45, 2.75) is 44.8 Å². The molecule has 0 amide bonds. The molecule has 0 aromatic heterocycles. The van der Waals surface area contributed by atoms with E-state index in [1.165, 1.54) is 19.3 Å². The lowest BCUT2D eigenvalue weighted by Gasteiger charge is -2.18. The summed E-state index contributed by atoms with van der Waals surface area (Å²) in [4.78, 5) is 0. The van der Waals surface area contributed by atoms with Gasteiger partial charge in [0.1, 0.15) is 0 Å². The van der Waals surface area contributed by atoms with Crippen LogP contribution in [0.15, 0.2) is 0 Å². The van der Waals surface area contributed by atoms with Crippen molar-refractivity contribution < 1.29 is 4.74 Å². The highest BCUT2D eigenvalue weighted by molar-refractivity contribution is 4.97. The Morgan fingerprint density at radius 1 is 1.36 bits per heavy atom. The molecule has 1 saturated heterocycles. The van der Waals surface area contributed by atoms with Gasteiger partial charge in [-0.3, -0.25) is 0 Å². The Labute approximate surface area is 86.4 Å². The minimum absolute atomic E-state index is 0.504. The van der Waals surface area contributed by atoms with Crippen LogP contribution in [0.4, 0.5) is 0 Å². The van der Waals surface area contributed by atoms with Crippen LogP contribution in [-0.2, 0) is 4.74 Å². The fourth-order valence-electron chi connectivity index (χ4n) is 2.16. The van der Waals surface area contributed by atoms with Crippen molar-refractivity contribution in [1.29, 1.82) is 0 Å². The van der Waals surface area contributed by atoms with Gasteiger partial charge in [0, 0.05) is 25.6 Å². The summed E-state index contributed by atoms with van der Waals surface area (Å²) in [6, 6.07) is 0.598. The van der Waals surface area contributed by atoms with E-state index in [0.29, 0.717) is 12.1 Å². The first-order valence-electron chi connectivity index (χ1n) is 5.66. The molecule has 0 aromatic carbocycles. The van der Waals surface area contributed by atoms with Gasteiger partial charge < -0.3 is 10.1 Å². The van der Waals surface area contributed by atoms with Gasteiger partial charge in [-0.1, -0.05) is 0 Å². The summed E-state index contributed by atoms with van der Waals surface area (Å²) in [6.07, 6.45) is 5.39. The molecule has 1 N–H and O–H groups in total. The zero-order valence-electron chi connectivity index (χ0n) is 8.88. The van der Waals surface area contributed by atoms with Gasteiger partial charge in [0.25, 0.3) is 0 Å². The molecule has 2 unspecified atom stereocenters. The number of nitrogens with one attached hydrogen (secondary N) is 1. The molecule has 0 spiro atoms. The molecule has 0 aromatic rings. The Hall–Kier alpha value is -0.520. The molecule has 2 aliphatic rings. The van der Waals surface area contributed by atoms with Crippen molar-refractivity contribution in [3.05, 3.63) is 0 Å². The molecule has 2 fully saturated rings. The minimum Gasteiger partial charge on any atom is -0.376 e. The number of rotatable bonds is 4. The fraction of sp³-hybridized carbons (Fsp3) is 0.833. The van der Waals surface area contributed by atoms with Gasteiger partial charge >= 0.3 is 0 Å². The van der Waals surface area contributed by atoms with E-state index in [-0.39, 0.29) is 0 Å². The van der Waals surface area contributed by atoms with Gasteiger partial charge in [0.15, 0.2) is 0 Å². The van der Waals surface area contributed by atoms with Crippen LogP contribution in [0.2, 0.25) is 0 Å². The molecule has 2 atom stereocenters. The van der Waals surface area contributed by atoms with Gasteiger partial charge in [-0.15, -0.1) is 11.8 Å². The third-order valence-corrected chi connectivity index (χ3v) is 3.06. The second-order valence-electron chi connectivity index (χ2n) is 4.20. The van der Waals surface area contributed by atoms with Gasteiger partial charge in [-0.2, -0.15) is 0 Å². The summed E-state index contributed by atoms with van der Waals surface area (Å²) in [5.74, 6) is 6.85. The van der Waals surface area contributed by atoms with Gasteiger partial charge in [-0.25, -0.2) is 0 Å². The molecule has 1 aliphatic carbocycles. The summed E-state index contributed by atoms with van der Waals surface area (Å²) < 4.78 is 5.75. The van der Waals surface area contributed by atoms with E-state index in [0.717, 1.165) is 25.5 Å². The van der Waals surface area contributed by atoms with E-state index in [9.17, 15) is 0 Å². The third kappa shape index (κ3) is 2.50. The lowest BCUT2D eigenvalue weighted by atomic mass is 10.1. The predicted molar refractivity (Wildman–Crippen MR) is 56.9 cm³/mol. The van der Waals surface area contributed by atoms with Crippen molar-refractivity contribution in [2.75, 3.05) is 13.2 Å². The first-order chi connectivity index (χ1) is 6.92. The molecular weight excluding hydrogens is 174 g/mol. The molecule has 1 heterocycles. The van der Waals surface area contributed by atoms with Crippen LogP contribution in [-0.4, -0.2) is 25.3 Å². The van der Waals surface area contributed by atoms with Crippen LogP contribution in [0.25, 0.3) is 0 Å². The van der Waals surface area contributed by atoms with Crippen LogP contribution in [0, 0.1) is 17.8 Å². The molecule has 78 valence electrons. The summed E-state index contributed by atoms with van der Waals surface area (Å²) in [6.45, 7) is 3.85. The lowest BCUT2D eigenvalue weighted by Crippen LogP contribution is -2.38. The summed E-state index contributed by atoms with van der Waals surface area (Å²) in [5.41, 5.74) is 0. The molecule has 2 nitrogen and oxygen atoms in total. The third-order valence-electron chi connectivity index (χ3n) is 3.06. The van der Waals surface area contributed by atoms with Gasteiger partial charge in [0.2, 0.25) is 0 Å². The van der Waals surface area contributed by atoms with E-state index in [4.69, 9.17) is 4.74 Å². The fourth-order valence-corrected chi connectivity index (χ4v) is 2.16. The number of hydrogen-bond acceptors (Lipinski definition) is 2. The highest BCUT2D eigenvalue weighted by atomic mass is 16.5. The van der Waals surface area contributed by atoms with Crippen LogP contribution >= 0.6 is 0 Å². The maximum atomic E-state index is 5.75. The highest BCUT2D eigenvalue weighted by Gasteiger charge is 2.40. The van der Waals surface area contributed by atoms with Crippen LogP contribution in [0.1, 0.15) is 32.6 Å². The van der Waals surface area contributed by atoms with Crippen molar-refractivity contribution in [2.24, 2.45) is 5.92 Å². The van der Waals surface area contributed by atoms with Crippen molar-refractivity contribution in [3.8, 4) is 11.8 Å². The van der Waals surface area contributed by atoms with E-state index >= 15 is 0 Å². The summed E-state index contributed by atoms with van der Waals surface area (Å²) in [7, 11) is 0. The SMILES string of the molecule is CC#CCCNC1CCOC1C1CC1. The number of ether oxygens (including phenoxy) is 1. The van der Waals surface area contributed by atoms with Crippen LogP contribution < -0.4 is 5.32 Å². The Morgan fingerprint density at radius 3 is 2.93 bits per heavy atom. The van der Waals surface area contributed by atoms with Crippen molar-refractivity contribution >= 4 is 0 Å². The first kappa shape index (κ1) is 10.0. The molecule has 2 rings (SSSR count). The Balaban J connectivity index is 1.69. The van der Waals surface area contributed by atoms with E-state index in [2.05, 4.69) is 17.2 Å². The largest absolute Gasteiger partial charge is 0.376 e. The van der Waals surface area contributed by atoms with E-state index in [1.807, 2.05) is 6.92 Å². The lowest BCUT2D eigenvalue weighted by molar-refractivity contribution is 0.0813. The molecule has 1 aliphatic heterocycles. The molecule has 0 radical (unpaired) electrons. The quantitative estimate of drug-likeness (QED) is 0.540. The first-order valence-corrected chi connectivity index (χ1v) is 5.66. The summed E-state index contributed by atoms with van der Waals surface area (Å²) in [5, 5.41) is 3.56. The van der Waals surface area contributed by atoms with Gasteiger partial charge in [-0.05, 0) is 32.1 Å². The van der Waals surface area contributed by atoms with Crippen LogP contribution in [0.3, 0.4) is 0 Å². The number of hydrogen-bond donors (Lipinski definition) is 1. The average Bonchev–Trinajstić information content (AvgIpc) is 2.94. The smallest absolute Gasteiger partial charge is 0.0756 e. The Bertz CT molecular complexity index is 236. The predicted octanol–water partition coefficient (Wildman–Crippen LogP) is 1.56. The molecular formula is C12H19NO. The highest BCUT2D eigenvalue weighted by Crippen LogP contribution is 2.38. The second kappa shape index (κ2) is 4.82. The maximum Gasteiger partial charge on any atom is 0.0756 e. The standard InChI is InChI=1S/C12H19NO/c1-2-3-4-8-13-11-7-9-14-12(11)10-5-6-10/h10-13H,4-9H2,1H3. The molecule has 1 saturated carbocycles. The van der Waals surface area contributed by atoms with Gasteiger partial charge in [0.05, 0.1) is 6.10 Å². The average molecular weight is 193 g/mol.